The number of rotatable bonds is 10. The van der Waals surface area contributed by atoms with Crippen LogP contribution in [-0.2, 0) is 47.6 Å². The Morgan fingerprint density at radius 1 is 0.695 bits per heavy atom. The van der Waals surface area contributed by atoms with Gasteiger partial charge in [-0.15, -0.1) is 0 Å². The molecule has 3 aliphatic heterocycles. The van der Waals surface area contributed by atoms with Gasteiger partial charge in [-0.2, -0.15) is 0 Å². The number of fused-ring (bicyclic) bond motifs is 2. The van der Waals surface area contributed by atoms with Gasteiger partial charge in [-0.3, -0.25) is 19.2 Å². The predicted octanol–water partition coefficient (Wildman–Crippen LogP) is 10.0. The van der Waals surface area contributed by atoms with Gasteiger partial charge in [0.2, 0.25) is 0 Å². The van der Waals surface area contributed by atoms with E-state index in [4.69, 9.17) is 28.4 Å². The van der Waals surface area contributed by atoms with Crippen molar-refractivity contribution < 1.29 is 52.7 Å². The highest BCUT2D eigenvalue weighted by molar-refractivity contribution is 5.77. The lowest BCUT2D eigenvalue weighted by atomic mass is 9.46. The fraction of sp³-hybridized carbons (Fsp3) is 0.917. The Hall–Kier alpha value is -2.24. The van der Waals surface area contributed by atoms with E-state index in [2.05, 4.69) is 20.8 Å². The molecule has 3 saturated heterocycles. The maximum Gasteiger partial charge on any atom is 0.309 e. The first-order chi connectivity index (χ1) is 25.1. The van der Waals surface area contributed by atoms with E-state index in [1.165, 1.54) is 38.5 Å². The van der Waals surface area contributed by atoms with Crippen molar-refractivity contribution in [1.82, 2.24) is 0 Å². The Morgan fingerprint density at radius 2 is 1.17 bits per heavy atom. The first-order valence-corrected chi connectivity index (χ1v) is 20.9. The smallest absolute Gasteiger partial charge is 0.309 e. The minimum Gasteiger partial charge on any atom is -0.459 e. The molecule has 12 atom stereocenters. The number of aliphatic hydroxyl groups is 1. The highest BCUT2D eigenvalue weighted by Gasteiger charge is 2.63. The van der Waals surface area contributed by atoms with Crippen molar-refractivity contribution in [2.75, 3.05) is 13.2 Å². The summed E-state index contributed by atoms with van der Waals surface area (Å²) in [5.74, 6) is 2.87. The van der Waals surface area contributed by atoms with Gasteiger partial charge in [0, 0.05) is 17.3 Å². The van der Waals surface area contributed by atoms with E-state index in [1.54, 1.807) is 0 Å². The number of carbonyl (C=O) groups is 4. The number of hydrogen-bond acceptors (Lipinski definition) is 11. The van der Waals surface area contributed by atoms with E-state index in [9.17, 15) is 24.3 Å². The molecule has 9 aliphatic rings. The van der Waals surface area contributed by atoms with Crippen molar-refractivity contribution in [2.45, 2.75) is 213 Å². The van der Waals surface area contributed by atoms with Crippen molar-refractivity contribution in [3.63, 3.8) is 0 Å². The molecule has 0 spiro atoms. The molecule has 6 bridgehead atoms. The second kappa shape index (κ2) is 22.7. The molecule has 6 saturated carbocycles. The van der Waals surface area contributed by atoms with Crippen LogP contribution in [0.5, 0.6) is 0 Å². The second-order valence-electron chi connectivity index (χ2n) is 18.5. The van der Waals surface area contributed by atoms with Crippen molar-refractivity contribution in [3.05, 3.63) is 0 Å². The minimum atomic E-state index is -0.600. The molecular weight excluding hydrogens is 753 g/mol. The first-order valence-electron chi connectivity index (χ1n) is 20.9. The fourth-order valence-electron chi connectivity index (χ4n) is 10.9. The van der Waals surface area contributed by atoms with Crippen LogP contribution in [0.2, 0.25) is 0 Å². The standard InChI is InChI=1S/C18H30O2.C13H18O4.C11H18O5.6CH4/c1-5-12(2)16(19)20-17(3,4)18-9-13-6-14(10-18)8-15(7-13)11-18;1-3-6(2)12(14)16-10-7-4-8-9(5-7)13(15)17-11(8)10;1-3-6(2)11(13)16-8-5-15-9-7(12)4-14-10(8)9;;;;;;/h12-15H,5-11H2,1-4H3;6-11H,3-5H2,1-2H3;6-10,12H,3-5H2,1-2H3;6*1H4. The molecule has 0 aromatic carbocycles. The molecule has 6 aliphatic carbocycles. The fourth-order valence-corrected chi connectivity index (χ4v) is 10.9. The van der Waals surface area contributed by atoms with E-state index < -0.39 is 6.10 Å². The van der Waals surface area contributed by atoms with Gasteiger partial charge in [0.15, 0.2) is 6.10 Å². The van der Waals surface area contributed by atoms with Gasteiger partial charge in [-0.25, -0.2) is 0 Å². The maximum absolute atomic E-state index is 12.3. The van der Waals surface area contributed by atoms with E-state index >= 15 is 0 Å². The lowest BCUT2D eigenvalue weighted by Crippen LogP contribution is -2.57. The molecule has 0 aromatic heterocycles. The van der Waals surface area contributed by atoms with Gasteiger partial charge in [-0.1, -0.05) is 86.1 Å². The molecule has 1 N–H and O–H groups in total. The summed E-state index contributed by atoms with van der Waals surface area (Å²) in [7, 11) is 0. The Balaban J connectivity index is 0.000000819. The van der Waals surface area contributed by atoms with E-state index in [0.29, 0.717) is 18.4 Å². The zero-order valence-electron chi connectivity index (χ0n) is 33.4. The van der Waals surface area contributed by atoms with Crippen molar-refractivity contribution >= 4 is 23.9 Å². The molecule has 11 nitrogen and oxygen atoms in total. The first kappa shape index (κ1) is 56.8. The van der Waals surface area contributed by atoms with Crippen LogP contribution in [0.4, 0.5) is 0 Å². The highest BCUT2D eigenvalue weighted by atomic mass is 16.6. The summed E-state index contributed by atoms with van der Waals surface area (Å²) >= 11 is 0. The van der Waals surface area contributed by atoms with Gasteiger partial charge in [0.05, 0.1) is 36.9 Å². The number of esters is 4. The summed E-state index contributed by atoms with van der Waals surface area (Å²) in [4.78, 5) is 47.2. The topological polar surface area (TPSA) is 144 Å². The molecular formula is C48H90O11. The Labute approximate surface area is 360 Å². The third-order valence-electron chi connectivity index (χ3n) is 14.6. The van der Waals surface area contributed by atoms with Crippen LogP contribution in [0.1, 0.15) is 171 Å². The van der Waals surface area contributed by atoms with Gasteiger partial charge in [0.1, 0.15) is 36.1 Å². The lowest BCUT2D eigenvalue weighted by Gasteiger charge is -2.61. The summed E-state index contributed by atoms with van der Waals surface area (Å²) in [6, 6.07) is 0. The Bertz CT molecular complexity index is 1310. The molecule has 12 unspecified atom stereocenters. The van der Waals surface area contributed by atoms with Crippen LogP contribution in [-0.4, -0.2) is 84.4 Å². The largest absolute Gasteiger partial charge is 0.459 e. The van der Waals surface area contributed by atoms with Crippen LogP contribution in [0.15, 0.2) is 0 Å². The highest BCUT2D eigenvalue weighted by Crippen LogP contribution is 2.64. The summed E-state index contributed by atoms with van der Waals surface area (Å²) < 4.78 is 33.0. The van der Waals surface area contributed by atoms with Gasteiger partial charge >= 0.3 is 23.9 Å². The molecule has 9 rings (SSSR count). The average molecular weight is 843 g/mol. The predicted molar refractivity (Wildman–Crippen MR) is 234 cm³/mol. The van der Waals surface area contributed by atoms with E-state index in [-0.39, 0.29) is 140 Å². The Kier molecular flexibility index (Phi) is 21.9. The van der Waals surface area contributed by atoms with Crippen LogP contribution >= 0.6 is 0 Å². The summed E-state index contributed by atoms with van der Waals surface area (Å²) in [6.07, 6.45) is 10.5. The lowest BCUT2D eigenvalue weighted by molar-refractivity contribution is -0.201. The zero-order chi connectivity index (χ0) is 38.4. The van der Waals surface area contributed by atoms with Crippen LogP contribution < -0.4 is 0 Å². The molecule has 3 heterocycles. The van der Waals surface area contributed by atoms with Crippen molar-refractivity contribution in [2.24, 2.45) is 58.7 Å². The third-order valence-corrected chi connectivity index (χ3v) is 14.6. The normalized spacial score (nSPS) is 37.1. The second-order valence-corrected chi connectivity index (χ2v) is 18.5. The molecule has 0 amide bonds. The van der Waals surface area contributed by atoms with Gasteiger partial charge < -0.3 is 33.5 Å². The van der Waals surface area contributed by atoms with Gasteiger partial charge in [0.25, 0.3) is 0 Å². The summed E-state index contributed by atoms with van der Waals surface area (Å²) in [5.41, 5.74) is -0.0194. The number of aliphatic hydroxyl groups excluding tert-OH is 1. The van der Waals surface area contributed by atoms with Crippen LogP contribution in [0.3, 0.4) is 0 Å². The Morgan fingerprint density at radius 3 is 1.68 bits per heavy atom. The monoisotopic (exact) mass is 843 g/mol. The molecule has 9 fully saturated rings. The quantitative estimate of drug-likeness (QED) is 0.166. The summed E-state index contributed by atoms with van der Waals surface area (Å²) in [6.45, 7) is 16.6. The molecule has 11 heteroatoms. The molecule has 348 valence electrons. The third kappa shape index (κ3) is 11.4. The number of carbonyl (C=O) groups excluding carboxylic acids is 4. The molecule has 0 radical (unpaired) electrons. The molecule has 0 aromatic rings. The maximum atomic E-state index is 12.3. The number of hydrogen-bond donors (Lipinski definition) is 1. The van der Waals surface area contributed by atoms with Crippen molar-refractivity contribution in [1.29, 1.82) is 0 Å². The van der Waals surface area contributed by atoms with E-state index in [1.807, 2.05) is 34.6 Å². The molecule has 59 heavy (non-hydrogen) atoms. The van der Waals surface area contributed by atoms with Gasteiger partial charge in [-0.05, 0) is 102 Å². The van der Waals surface area contributed by atoms with Crippen molar-refractivity contribution in [3.8, 4) is 0 Å². The number of ether oxygens (including phenoxy) is 6. The van der Waals surface area contributed by atoms with Crippen LogP contribution in [0, 0.1) is 58.7 Å². The average Bonchev–Trinajstić information content (AvgIpc) is 3.93. The zero-order valence-corrected chi connectivity index (χ0v) is 33.4. The summed E-state index contributed by atoms with van der Waals surface area (Å²) in [5, 5.41) is 9.52. The SMILES string of the molecule is C.C.C.C.C.C.CCC(C)C(=O)OC(C)(C)C12CC3CC(CC(C3)C1)C2.CCC(C)C(=O)OC1C2CC3C(=O)OC1C3C2.CCC(C)C(=O)OC1COC2C(O)COC12. The minimum absolute atomic E-state index is 0. The van der Waals surface area contributed by atoms with E-state index in [0.717, 1.165) is 49.9 Å². The van der Waals surface area contributed by atoms with Crippen LogP contribution in [0.25, 0.3) is 0 Å².